The molecule has 1 N–H and O–H groups in total. The number of rotatable bonds is 13. The number of fused-ring (bicyclic) bond motifs is 3. The van der Waals surface area contributed by atoms with Gasteiger partial charge in [-0.3, -0.25) is 9.88 Å². The van der Waals surface area contributed by atoms with E-state index in [1.54, 1.807) is 30.3 Å². The van der Waals surface area contributed by atoms with Crippen molar-refractivity contribution in [1.82, 2.24) is 19.9 Å². The topological polar surface area (TPSA) is 99.1 Å². The first-order chi connectivity index (χ1) is 25.7. The van der Waals surface area contributed by atoms with Crippen molar-refractivity contribution in [3.63, 3.8) is 0 Å². The highest BCUT2D eigenvalue weighted by atomic mass is 19.1. The lowest BCUT2D eigenvalue weighted by atomic mass is 9.93. The van der Waals surface area contributed by atoms with E-state index >= 15 is 13.2 Å². The number of alkyl halides is 1. The highest BCUT2D eigenvalue weighted by Crippen LogP contribution is 2.42. The molecule has 2 aliphatic rings. The molecule has 2 fully saturated rings. The highest BCUT2D eigenvalue weighted by Gasteiger charge is 2.49. The average Bonchev–Trinajstić information content (AvgIpc) is 3.58. The number of aryl methyl sites for hydroxylation is 1. The molecule has 2 unspecified atom stereocenters. The quantitative estimate of drug-likeness (QED) is 0.139. The number of methoxy groups -OCH3 is 1. The lowest BCUT2D eigenvalue weighted by molar-refractivity contribution is 0.0512. The van der Waals surface area contributed by atoms with E-state index in [9.17, 15) is 5.11 Å². The van der Waals surface area contributed by atoms with Crippen molar-refractivity contribution < 1.29 is 44.1 Å². The van der Waals surface area contributed by atoms with Crippen LogP contribution in [0.4, 0.5) is 13.2 Å². The maximum Gasteiger partial charge on any atom is 0.320 e. The molecule has 49 heavy (non-hydrogen) atoms. The molecule has 0 radical (unpaired) electrons. The van der Waals surface area contributed by atoms with Gasteiger partial charge in [-0.2, -0.15) is 9.97 Å². The Morgan fingerprint density at radius 2 is 1.98 bits per heavy atom. The van der Waals surface area contributed by atoms with E-state index in [1.165, 1.54) is 31.5 Å². The number of hydrogen-bond donors (Lipinski definition) is 1. The summed E-state index contributed by atoms with van der Waals surface area (Å²) in [4.78, 5) is 14.0. The Morgan fingerprint density at radius 3 is 2.80 bits per heavy atom. The number of ether oxygens (including phenoxy) is 4. The molecule has 0 aliphatic carbocycles. The summed E-state index contributed by atoms with van der Waals surface area (Å²) in [6, 6.07) is 14.2. The Kier molecular flexibility index (Phi) is 7.89. The first kappa shape index (κ1) is 27.3. The van der Waals surface area contributed by atoms with Crippen LogP contribution in [0.25, 0.3) is 32.9 Å². The number of aliphatic hydroxyl groups is 1. The van der Waals surface area contributed by atoms with Gasteiger partial charge in [0.25, 0.3) is 0 Å². The number of hydrogen-bond acceptors (Lipinski definition) is 9. The van der Waals surface area contributed by atoms with Gasteiger partial charge in [0.15, 0.2) is 12.6 Å². The molecule has 3 aromatic carbocycles. The molecule has 2 saturated heterocycles. The normalized spacial score (nSPS) is 23.4. The molecule has 2 aliphatic heterocycles. The van der Waals surface area contributed by atoms with E-state index in [0.29, 0.717) is 10.8 Å². The van der Waals surface area contributed by atoms with Gasteiger partial charge >= 0.3 is 6.01 Å². The second kappa shape index (κ2) is 14.1. The summed E-state index contributed by atoms with van der Waals surface area (Å²) in [5.41, 5.74) is -1.48. The minimum atomic E-state index is -2.87. The summed E-state index contributed by atoms with van der Waals surface area (Å²) in [7, 11) is 1.43. The summed E-state index contributed by atoms with van der Waals surface area (Å²) in [5, 5.41) is 10.4. The van der Waals surface area contributed by atoms with E-state index in [4.69, 9.17) is 25.8 Å². The molecule has 0 spiro atoms. The molecule has 2 atom stereocenters. The van der Waals surface area contributed by atoms with Crippen molar-refractivity contribution in [1.29, 1.82) is 0 Å². The van der Waals surface area contributed by atoms with E-state index in [2.05, 4.69) is 15.0 Å². The maximum absolute atomic E-state index is 17.1. The summed E-state index contributed by atoms with van der Waals surface area (Å²) >= 11 is 0. The van der Waals surface area contributed by atoms with Crippen LogP contribution < -0.4 is 14.2 Å². The molecule has 4 heterocycles. The molecule has 9 nitrogen and oxygen atoms in total. The molecule has 256 valence electrons. The van der Waals surface area contributed by atoms with Gasteiger partial charge in [-0.05, 0) is 72.3 Å². The number of aliphatic hydroxyl groups excluding tert-OH is 1. The van der Waals surface area contributed by atoms with Crippen LogP contribution >= 0.6 is 0 Å². The van der Waals surface area contributed by atoms with Crippen LogP contribution in [0, 0.1) is 11.6 Å². The van der Waals surface area contributed by atoms with Crippen molar-refractivity contribution in [2.45, 2.75) is 50.4 Å². The van der Waals surface area contributed by atoms with Crippen LogP contribution in [0.3, 0.4) is 0 Å². The van der Waals surface area contributed by atoms with Gasteiger partial charge < -0.3 is 24.1 Å². The number of nitrogens with zero attached hydrogens (tertiary/aromatic N) is 4. The second-order valence-electron chi connectivity index (χ2n) is 11.9. The molecule has 0 saturated carbocycles. The van der Waals surface area contributed by atoms with Crippen molar-refractivity contribution in [3.8, 4) is 28.9 Å². The maximum atomic E-state index is 17.1. The third-order valence-corrected chi connectivity index (χ3v) is 8.68. The molecule has 5 aromatic rings. The molecular formula is C37H37F3N4O5. The fourth-order valence-corrected chi connectivity index (χ4v) is 6.37. The zero-order valence-electron chi connectivity index (χ0n) is 31.6. The Morgan fingerprint density at radius 1 is 1.12 bits per heavy atom. The van der Waals surface area contributed by atoms with Gasteiger partial charge in [0.05, 0.1) is 15.0 Å². The molecule has 0 bridgehead atoms. The minimum absolute atomic E-state index is 0.00495. The first-order valence-electron chi connectivity index (χ1n) is 18.4. The summed E-state index contributed by atoms with van der Waals surface area (Å²) in [6.45, 7) is -6.06. The second-order valence-corrected chi connectivity index (χ2v) is 11.9. The van der Waals surface area contributed by atoms with Gasteiger partial charge in [-0.15, -0.1) is 0 Å². The molecule has 7 rings (SSSR count). The fraction of sp³-hybridized carbons (Fsp3) is 0.378. The van der Waals surface area contributed by atoms with Gasteiger partial charge in [0.2, 0.25) is 5.88 Å². The molecule has 0 amide bonds. The van der Waals surface area contributed by atoms with E-state index < -0.39 is 60.9 Å². The van der Waals surface area contributed by atoms with Gasteiger partial charge in [0.1, 0.15) is 42.1 Å². The summed E-state index contributed by atoms with van der Waals surface area (Å²) in [5.74, 6) is -1.53. The zero-order valence-corrected chi connectivity index (χ0v) is 26.6. The Bertz CT molecular complexity index is 2200. The first-order valence-corrected chi connectivity index (χ1v) is 15.9. The van der Waals surface area contributed by atoms with Gasteiger partial charge in [-0.1, -0.05) is 36.4 Å². The van der Waals surface area contributed by atoms with E-state index in [-0.39, 0.29) is 79.5 Å². The minimum Gasteiger partial charge on any atom is -0.472 e. The van der Waals surface area contributed by atoms with Crippen molar-refractivity contribution >= 4 is 21.7 Å². The Balaban J connectivity index is 1.40. The van der Waals surface area contributed by atoms with Crippen molar-refractivity contribution in [2.24, 2.45) is 0 Å². The summed E-state index contributed by atoms with van der Waals surface area (Å²) < 4.78 is 113. The lowest BCUT2D eigenvalue weighted by Crippen LogP contribution is -2.43. The standard InChI is InChI=1S/C37H37F3N4O5/c1-46-22-49-26-15-24-10-11-30(39)27(9-5-14-45)31(24)28(16-26)33-32(40)34-29(18-41-33)35(47-20-23-7-3-2-4-8-23)43-36(42-34)48-21-37-12-6-13-44(37)19-25(38)17-37/h2-4,7-8,10-11,15-16,18,25,45H,5-6,9,12-14,17,19-22H2,1H3/i13D2,21D2,25D. The van der Waals surface area contributed by atoms with Crippen LogP contribution in [0.15, 0.2) is 60.8 Å². The lowest BCUT2D eigenvalue weighted by Gasteiger charge is -2.30. The Labute approximate surface area is 288 Å². The van der Waals surface area contributed by atoms with Crippen LogP contribution in [-0.4, -0.2) is 76.8 Å². The summed E-state index contributed by atoms with van der Waals surface area (Å²) in [6.07, 6.45) is -2.03. The van der Waals surface area contributed by atoms with E-state index in [1.807, 2.05) is 6.07 Å². The predicted octanol–water partition coefficient (Wildman–Crippen LogP) is 6.57. The van der Waals surface area contributed by atoms with Crippen LogP contribution in [0.2, 0.25) is 0 Å². The molecular weight excluding hydrogens is 637 g/mol. The SMILES string of the molecule is [2H]C1(F)CN2C([2H])([2H])CCC2(C([2H])([2H])Oc2nc(OCc3ccccc3)c3cnc(-c4cc(OCOC)cc5ccc(F)c(CCCO)c45)c(F)c3n2)C1. The number of pyridine rings is 1. The van der Waals surface area contributed by atoms with Crippen molar-refractivity contribution in [2.75, 3.05) is 40.1 Å². The van der Waals surface area contributed by atoms with Crippen LogP contribution in [0.5, 0.6) is 17.6 Å². The third kappa shape index (κ3) is 6.60. The third-order valence-electron chi connectivity index (χ3n) is 8.68. The number of halogens is 3. The van der Waals surface area contributed by atoms with E-state index in [0.717, 1.165) is 10.5 Å². The number of benzene rings is 3. The zero-order chi connectivity index (χ0) is 38.5. The highest BCUT2D eigenvalue weighted by molar-refractivity contribution is 6.01. The molecule has 2 aromatic heterocycles. The predicted molar refractivity (Wildman–Crippen MR) is 177 cm³/mol. The van der Waals surface area contributed by atoms with Crippen molar-refractivity contribution in [3.05, 3.63) is 83.6 Å². The average molecular weight is 680 g/mol. The number of aromatic nitrogens is 3. The smallest absolute Gasteiger partial charge is 0.320 e. The monoisotopic (exact) mass is 679 g/mol. The Hall–Kier alpha value is -4.52. The molecule has 12 heteroatoms. The fourth-order valence-electron chi connectivity index (χ4n) is 6.37. The van der Waals surface area contributed by atoms with Gasteiger partial charge in [0, 0.05) is 41.2 Å². The van der Waals surface area contributed by atoms with Gasteiger partial charge in [-0.25, -0.2) is 13.2 Å². The largest absolute Gasteiger partial charge is 0.472 e. The van der Waals surface area contributed by atoms with Crippen LogP contribution in [0.1, 0.15) is 43.7 Å². The van der Waals surface area contributed by atoms with Crippen LogP contribution in [-0.2, 0) is 17.8 Å².